The van der Waals surface area contributed by atoms with Gasteiger partial charge in [-0.15, -0.1) is 0 Å². The number of rotatable bonds is 12. The number of amides is 4. The molecule has 4 amide bonds. The van der Waals surface area contributed by atoms with E-state index in [1.807, 2.05) is 34.1 Å². The molecule has 0 spiro atoms. The van der Waals surface area contributed by atoms with Gasteiger partial charge in [0.1, 0.15) is 17.5 Å². The lowest BCUT2D eigenvalue weighted by Gasteiger charge is -2.40. The van der Waals surface area contributed by atoms with Crippen molar-refractivity contribution in [1.29, 1.82) is 0 Å². The van der Waals surface area contributed by atoms with Gasteiger partial charge in [0.15, 0.2) is 5.82 Å². The van der Waals surface area contributed by atoms with Crippen molar-refractivity contribution in [2.75, 3.05) is 73.9 Å². The van der Waals surface area contributed by atoms with E-state index in [0.717, 1.165) is 27.7 Å². The van der Waals surface area contributed by atoms with Crippen molar-refractivity contribution >= 4 is 68.0 Å². The van der Waals surface area contributed by atoms with Crippen LogP contribution in [0.25, 0.3) is 22.2 Å². The number of aromatic amines is 1. The molecule has 8 rings (SSSR count). The largest absolute Gasteiger partial charge is 0.360 e. The molecule has 3 N–H and O–H groups in total. The van der Waals surface area contributed by atoms with Gasteiger partial charge < -0.3 is 24.6 Å². The minimum absolute atomic E-state index is 0.0280. The number of H-pyrrole nitrogens is 1. The number of halogens is 2. The van der Waals surface area contributed by atoms with Crippen molar-refractivity contribution in [2.24, 2.45) is 0 Å². The molecule has 3 saturated heterocycles. The van der Waals surface area contributed by atoms with Gasteiger partial charge in [0.25, 0.3) is 0 Å². The SMILES string of the molecule is CCN(C)S(=O)(=O)Nc1ccc(F)c(C(=O)c2c[nH]c3ncc(-c4cnc(N5CCN(C(=O)Cc6ccc(N7CCN(C8CCC(=O)NC8=O)C(=O)C7)cc6)CC5)nc4)cc23)c1F. The maximum absolute atomic E-state index is 15.6. The van der Waals surface area contributed by atoms with Crippen LogP contribution in [0.4, 0.5) is 26.1 Å². The first kappa shape index (κ1) is 42.8. The maximum Gasteiger partial charge on any atom is 0.301 e. The quantitative estimate of drug-likeness (QED) is 0.122. The van der Waals surface area contributed by atoms with E-state index >= 15 is 8.78 Å². The van der Waals surface area contributed by atoms with E-state index < -0.39 is 50.8 Å². The molecule has 0 bridgehead atoms. The molecule has 0 radical (unpaired) electrons. The zero-order chi connectivity index (χ0) is 44.6. The van der Waals surface area contributed by atoms with Gasteiger partial charge >= 0.3 is 10.2 Å². The fourth-order valence-corrected chi connectivity index (χ4v) is 8.76. The number of imide groups is 1. The Morgan fingerprint density at radius 1 is 0.905 bits per heavy atom. The Labute approximate surface area is 360 Å². The highest BCUT2D eigenvalue weighted by molar-refractivity contribution is 7.90. The third-order valence-corrected chi connectivity index (χ3v) is 13.1. The van der Waals surface area contributed by atoms with E-state index in [1.165, 1.54) is 19.4 Å². The first-order valence-corrected chi connectivity index (χ1v) is 21.7. The molecular weight excluding hydrogens is 841 g/mol. The van der Waals surface area contributed by atoms with Gasteiger partial charge in [-0.2, -0.15) is 12.7 Å². The zero-order valence-corrected chi connectivity index (χ0v) is 35.1. The highest BCUT2D eigenvalue weighted by atomic mass is 32.2. The Hall–Kier alpha value is -6.87. The molecule has 3 aliphatic rings. The average Bonchev–Trinajstić information content (AvgIpc) is 3.71. The van der Waals surface area contributed by atoms with Crippen LogP contribution in [0.15, 0.2) is 67.3 Å². The van der Waals surface area contributed by atoms with E-state index in [2.05, 4.69) is 30.0 Å². The van der Waals surface area contributed by atoms with E-state index in [4.69, 9.17) is 0 Å². The predicted molar refractivity (Wildman–Crippen MR) is 227 cm³/mol. The van der Waals surface area contributed by atoms with E-state index in [9.17, 15) is 32.4 Å². The number of hydrogen-bond donors (Lipinski definition) is 3. The molecule has 21 heteroatoms. The highest BCUT2D eigenvalue weighted by Crippen LogP contribution is 2.30. The first-order valence-electron chi connectivity index (χ1n) is 20.3. The number of carbonyl (C=O) groups is 5. The van der Waals surface area contributed by atoms with Crippen molar-refractivity contribution in [1.82, 2.24) is 39.4 Å². The molecule has 5 aromatic rings. The van der Waals surface area contributed by atoms with Crippen LogP contribution in [0.5, 0.6) is 0 Å². The summed E-state index contributed by atoms with van der Waals surface area (Å²) < 4.78 is 58.7. The monoisotopic (exact) mass is 883 g/mol. The average molecular weight is 884 g/mol. The van der Waals surface area contributed by atoms with Gasteiger partial charge in [-0.25, -0.2) is 23.7 Å². The molecule has 3 aromatic heterocycles. The van der Waals surface area contributed by atoms with Gasteiger partial charge in [0.2, 0.25) is 35.4 Å². The second kappa shape index (κ2) is 17.5. The summed E-state index contributed by atoms with van der Waals surface area (Å²) in [5.41, 5.74) is 1.44. The summed E-state index contributed by atoms with van der Waals surface area (Å²) in [7, 11) is -2.88. The molecule has 1 unspecified atom stereocenters. The number of fused-ring (bicyclic) bond motifs is 1. The fourth-order valence-electron chi connectivity index (χ4n) is 7.83. The van der Waals surface area contributed by atoms with Crippen molar-refractivity contribution in [3.8, 4) is 11.1 Å². The van der Waals surface area contributed by atoms with Crippen LogP contribution in [0.2, 0.25) is 0 Å². The third-order valence-electron chi connectivity index (χ3n) is 11.6. The number of piperazine rings is 2. The number of piperidine rings is 1. The summed E-state index contributed by atoms with van der Waals surface area (Å²) in [4.78, 5) is 87.3. The van der Waals surface area contributed by atoms with Gasteiger partial charge in [0, 0.05) is 112 Å². The Balaban J connectivity index is 0.861. The normalized spacial score (nSPS) is 17.4. The number of pyridine rings is 1. The van der Waals surface area contributed by atoms with Crippen molar-refractivity contribution < 1.29 is 41.2 Å². The van der Waals surface area contributed by atoms with Crippen LogP contribution in [-0.2, 0) is 35.8 Å². The van der Waals surface area contributed by atoms with Crippen LogP contribution in [0.1, 0.15) is 41.3 Å². The van der Waals surface area contributed by atoms with Gasteiger partial charge in [-0.05, 0) is 42.3 Å². The lowest BCUT2D eigenvalue weighted by molar-refractivity contribution is -0.145. The number of anilines is 3. The fraction of sp³-hybridized carbons (Fsp3) is 0.333. The number of carbonyl (C=O) groups excluding carboxylic acids is 5. The zero-order valence-electron chi connectivity index (χ0n) is 34.3. The summed E-state index contributed by atoms with van der Waals surface area (Å²) >= 11 is 0. The maximum atomic E-state index is 15.6. The highest BCUT2D eigenvalue weighted by Gasteiger charge is 2.37. The molecule has 6 heterocycles. The van der Waals surface area contributed by atoms with Gasteiger partial charge in [-0.1, -0.05) is 19.1 Å². The Kier molecular flexibility index (Phi) is 11.9. The minimum Gasteiger partial charge on any atom is -0.360 e. The Morgan fingerprint density at radius 2 is 1.60 bits per heavy atom. The van der Waals surface area contributed by atoms with Crippen molar-refractivity contribution in [3.05, 3.63) is 95.6 Å². The molecule has 0 aliphatic carbocycles. The smallest absolute Gasteiger partial charge is 0.301 e. The molecule has 1 atom stereocenters. The second-order valence-corrected chi connectivity index (χ2v) is 17.2. The molecule has 3 aliphatic heterocycles. The molecule has 2 aromatic carbocycles. The summed E-state index contributed by atoms with van der Waals surface area (Å²) in [5, 5.41) is 2.58. The molecule has 18 nitrogen and oxygen atoms in total. The number of hydrogen-bond acceptors (Lipinski definition) is 12. The number of nitrogens with one attached hydrogen (secondary N) is 3. The van der Waals surface area contributed by atoms with Crippen LogP contribution >= 0.6 is 0 Å². The van der Waals surface area contributed by atoms with Crippen LogP contribution in [0, 0.1) is 11.6 Å². The first-order chi connectivity index (χ1) is 30.2. The third kappa shape index (κ3) is 8.78. The summed E-state index contributed by atoms with van der Waals surface area (Å²) in [6, 6.07) is 10.2. The lowest BCUT2D eigenvalue weighted by Crippen LogP contribution is -2.60. The minimum atomic E-state index is -4.16. The number of benzene rings is 2. The van der Waals surface area contributed by atoms with E-state index in [0.29, 0.717) is 62.8 Å². The molecular formula is C42H43F2N11O7S. The van der Waals surface area contributed by atoms with E-state index in [1.54, 1.807) is 35.2 Å². The van der Waals surface area contributed by atoms with Crippen molar-refractivity contribution in [2.45, 2.75) is 32.2 Å². The van der Waals surface area contributed by atoms with Crippen LogP contribution in [-0.4, -0.2) is 137 Å². The van der Waals surface area contributed by atoms with Crippen molar-refractivity contribution in [3.63, 3.8) is 0 Å². The number of ketones is 1. The van der Waals surface area contributed by atoms with Crippen LogP contribution in [0.3, 0.4) is 0 Å². The molecule has 63 heavy (non-hydrogen) atoms. The van der Waals surface area contributed by atoms with Gasteiger partial charge in [-0.3, -0.25) is 34.0 Å². The number of nitrogens with zero attached hydrogens (tertiary/aromatic N) is 8. The number of aromatic nitrogens is 4. The Morgan fingerprint density at radius 3 is 2.29 bits per heavy atom. The molecule has 328 valence electrons. The topological polar surface area (TPSA) is 214 Å². The standard InChI is InChI=1S/C42H43F2N11O7S/c1-3-51(2)63(61,62)50-32-9-8-31(43)37(38(32)44)39(59)30-23-46-40-29(30)19-26(20-45-40)27-21-47-42(48-22-27)53-14-12-52(13-15-53)35(57)18-25-4-6-28(7-5-25)54-16-17-55(36(58)24-54)33-10-11-34(56)49-41(33)60/h4-9,19-23,33,50H,3,10-18,24H2,1-2H3,(H,45,46)(H,49,56,60). The lowest BCUT2D eigenvalue weighted by atomic mass is 10.0. The summed E-state index contributed by atoms with van der Waals surface area (Å²) in [6.07, 6.45) is 6.74. The van der Waals surface area contributed by atoms with Gasteiger partial charge in [0.05, 0.1) is 24.2 Å². The second-order valence-electron chi connectivity index (χ2n) is 15.4. The van der Waals surface area contributed by atoms with Crippen LogP contribution < -0.4 is 19.8 Å². The molecule has 0 saturated carbocycles. The predicted octanol–water partition coefficient (Wildman–Crippen LogP) is 2.48. The summed E-state index contributed by atoms with van der Waals surface area (Å²) in [6.45, 7) is 4.57. The summed E-state index contributed by atoms with van der Waals surface area (Å²) in [5.74, 6) is -4.05. The Bertz CT molecular complexity index is 2730. The molecule has 3 fully saturated rings. The van der Waals surface area contributed by atoms with E-state index in [-0.39, 0.29) is 60.2 Å².